The highest BCUT2D eigenvalue weighted by molar-refractivity contribution is 8.03. The molecule has 0 unspecified atom stereocenters. The molecule has 304 valence electrons. The van der Waals surface area contributed by atoms with E-state index in [1.54, 1.807) is 0 Å². The monoisotopic (exact) mass is 846 g/mol. The largest absolute Gasteiger partial charge is 0.261 e. The number of thioether (sulfide) groups is 4. The van der Waals surface area contributed by atoms with Crippen LogP contribution in [0, 0.1) is 10.8 Å². The minimum atomic E-state index is 0.116. The second-order valence-electron chi connectivity index (χ2n) is 18.8. The van der Waals surface area contributed by atoms with E-state index < -0.39 is 0 Å². The lowest BCUT2D eigenvalue weighted by Gasteiger charge is -2.47. The molecule has 4 atom stereocenters. The Balaban J connectivity index is 1.05. The Hall–Kier alpha value is -2.78. The van der Waals surface area contributed by atoms with E-state index in [4.69, 9.17) is 0 Å². The predicted octanol–water partition coefficient (Wildman–Crippen LogP) is 11.8. The molecular formula is C50H62N4S4+2. The highest BCUT2D eigenvalue weighted by atomic mass is 32.2. The zero-order valence-corrected chi connectivity index (χ0v) is 38.7. The van der Waals surface area contributed by atoms with E-state index in [-0.39, 0.29) is 21.9 Å². The Bertz CT molecular complexity index is 2060. The molecule has 0 spiro atoms. The molecule has 2 aliphatic carbocycles. The third-order valence-electron chi connectivity index (χ3n) is 15.4. The van der Waals surface area contributed by atoms with E-state index in [0.29, 0.717) is 12.1 Å². The second-order valence-corrected chi connectivity index (χ2v) is 23.3. The highest BCUT2D eigenvalue weighted by Crippen LogP contribution is 2.55. The van der Waals surface area contributed by atoms with Crippen molar-refractivity contribution in [3.63, 3.8) is 0 Å². The quantitative estimate of drug-likeness (QED) is 0.162. The Labute approximate surface area is 365 Å². The Morgan fingerprint density at radius 3 is 1.12 bits per heavy atom. The lowest BCUT2D eigenvalue weighted by atomic mass is 9.71. The van der Waals surface area contributed by atoms with Crippen molar-refractivity contribution in [1.82, 2.24) is 9.80 Å². The van der Waals surface area contributed by atoms with Gasteiger partial charge in [0.05, 0.1) is 0 Å². The van der Waals surface area contributed by atoms with E-state index in [1.807, 2.05) is 47.0 Å². The summed E-state index contributed by atoms with van der Waals surface area (Å²) >= 11 is 8.16. The van der Waals surface area contributed by atoms with Gasteiger partial charge in [-0.05, 0) is 63.8 Å². The van der Waals surface area contributed by atoms with Crippen molar-refractivity contribution < 1.29 is 9.15 Å². The van der Waals surface area contributed by atoms with Crippen LogP contribution in [0.5, 0.6) is 0 Å². The average Bonchev–Trinajstić information content (AvgIpc) is 3.45. The van der Waals surface area contributed by atoms with Gasteiger partial charge in [0.2, 0.25) is 12.7 Å². The number of hydrogen-bond donors (Lipinski definition) is 0. The minimum absolute atomic E-state index is 0.116. The van der Waals surface area contributed by atoms with Gasteiger partial charge in [-0.2, -0.15) is 0 Å². The van der Waals surface area contributed by atoms with E-state index in [2.05, 4.69) is 170 Å². The van der Waals surface area contributed by atoms with Gasteiger partial charge in [0.25, 0.3) is 0 Å². The normalized spacial score (nSPS) is 28.3. The van der Waals surface area contributed by atoms with Crippen LogP contribution in [0.1, 0.15) is 89.5 Å². The van der Waals surface area contributed by atoms with E-state index in [0.717, 1.165) is 49.2 Å². The molecule has 58 heavy (non-hydrogen) atoms. The molecule has 0 radical (unpaired) electrons. The molecule has 0 amide bonds. The first-order chi connectivity index (χ1) is 28.0. The predicted molar refractivity (Wildman–Crippen MR) is 250 cm³/mol. The smallest absolute Gasteiger partial charge is 0.235 e. The van der Waals surface area contributed by atoms with E-state index in [9.17, 15) is 0 Å². The van der Waals surface area contributed by atoms with Crippen LogP contribution in [0.3, 0.4) is 0 Å². The molecule has 2 fully saturated rings. The molecule has 4 aromatic rings. The molecule has 8 bridgehead atoms. The third kappa shape index (κ3) is 7.28. The number of fused-ring (bicyclic) bond motifs is 14. The van der Waals surface area contributed by atoms with Crippen molar-refractivity contribution in [3.05, 3.63) is 119 Å². The molecule has 0 saturated heterocycles. The average molecular weight is 847 g/mol. The molecule has 0 aromatic heterocycles. The summed E-state index contributed by atoms with van der Waals surface area (Å²) in [5, 5.41) is 0. The molecule has 2 saturated carbocycles. The van der Waals surface area contributed by atoms with Crippen LogP contribution < -0.4 is 0 Å². The van der Waals surface area contributed by atoms with E-state index in [1.165, 1.54) is 67.5 Å². The van der Waals surface area contributed by atoms with Gasteiger partial charge >= 0.3 is 0 Å². The summed E-state index contributed by atoms with van der Waals surface area (Å²) in [4.78, 5) is 11.2. The standard InChI is InChI=1S/C50H62N4S4/c1-47(2)45-23-25-49(47,5)53-33-39-17-9-13-21-43(39)57-29-28-56-42-20-12-8-16-38(42)32-52-36-54(50(6)26-24-46(52)48(50,3)4)34-40-18-10-14-22-44(40)58-30-27-55-41-19-11-7-15-37(41)31-51(45)35-53/h7-22,35-36,45-46H,23-34H2,1-6H3/q+2/t45-,46-,49+,50+/m0/s1. The van der Waals surface area contributed by atoms with Gasteiger partial charge < -0.3 is 0 Å². The summed E-state index contributed by atoms with van der Waals surface area (Å²) in [6, 6.07) is 37.9. The van der Waals surface area contributed by atoms with Crippen LogP contribution in [-0.2, 0) is 26.2 Å². The zero-order chi connectivity index (χ0) is 40.1. The third-order valence-corrected chi connectivity index (χ3v) is 20.4. The van der Waals surface area contributed by atoms with Crippen molar-refractivity contribution in [2.45, 2.75) is 136 Å². The van der Waals surface area contributed by atoms with Gasteiger partial charge in [-0.1, -0.05) is 100 Å². The van der Waals surface area contributed by atoms with Crippen molar-refractivity contribution in [1.29, 1.82) is 0 Å². The summed E-state index contributed by atoms with van der Waals surface area (Å²) in [6.07, 6.45) is 9.98. The second kappa shape index (κ2) is 16.2. The zero-order valence-electron chi connectivity index (χ0n) is 35.5. The summed E-state index contributed by atoms with van der Waals surface area (Å²) in [7, 11) is 0. The summed E-state index contributed by atoms with van der Waals surface area (Å²) in [5.74, 6) is 4.34. The molecular weight excluding hydrogens is 785 g/mol. The number of nitrogens with zero attached hydrogens (tertiary/aromatic N) is 4. The Morgan fingerprint density at radius 2 is 0.759 bits per heavy atom. The van der Waals surface area contributed by atoms with Crippen LogP contribution in [0.15, 0.2) is 117 Å². The molecule has 0 N–H and O–H groups in total. The Kier molecular flexibility index (Phi) is 11.4. The Morgan fingerprint density at radius 1 is 0.448 bits per heavy atom. The summed E-state index contributed by atoms with van der Waals surface area (Å²) in [6.45, 7) is 19.0. The van der Waals surface area contributed by atoms with Gasteiger partial charge in [-0.25, -0.2) is 0 Å². The van der Waals surface area contributed by atoms with Crippen LogP contribution in [-0.4, -0.2) is 77.8 Å². The van der Waals surface area contributed by atoms with Gasteiger partial charge in [-0.3, -0.25) is 19.0 Å². The summed E-state index contributed by atoms with van der Waals surface area (Å²) in [5.41, 5.74) is 6.36. The van der Waals surface area contributed by atoms with Crippen molar-refractivity contribution in [2.75, 3.05) is 23.0 Å². The fourth-order valence-corrected chi connectivity index (χ4v) is 15.3. The maximum atomic E-state index is 2.72. The van der Waals surface area contributed by atoms with Crippen LogP contribution in [0.2, 0.25) is 0 Å². The highest BCUT2D eigenvalue weighted by Gasteiger charge is 2.64. The van der Waals surface area contributed by atoms with Gasteiger partial charge in [-0.15, -0.1) is 47.0 Å². The lowest BCUT2D eigenvalue weighted by Crippen LogP contribution is -2.61. The first kappa shape index (κ1) is 40.6. The van der Waals surface area contributed by atoms with Crippen LogP contribution >= 0.6 is 47.0 Å². The molecule has 4 nitrogen and oxygen atoms in total. The minimum Gasteiger partial charge on any atom is -0.261 e. The molecule has 9 rings (SSSR count). The lowest BCUT2D eigenvalue weighted by molar-refractivity contribution is -0.602. The summed E-state index contributed by atoms with van der Waals surface area (Å²) < 4.78 is 5.42. The molecule has 4 aromatic carbocycles. The molecule has 3 aliphatic heterocycles. The topological polar surface area (TPSA) is 12.5 Å². The number of hydrogen-bond acceptors (Lipinski definition) is 6. The van der Waals surface area contributed by atoms with Crippen LogP contribution in [0.4, 0.5) is 0 Å². The van der Waals surface area contributed by atoms with Gasteiger partial charge in [0, 0.05) is 75.7 Å². The maximum Gasteiger partial charge on any atom is 0.235 e. The number of benzene rings is 4. The fraction of sp³-hybridized carbons (Fsp3) is 0.480. The molecule has 8 heteroatoms. The van der Waals surface area contributed by atoms with Crippen molar-refractivity contribution >= 4 is 59.7 Å². The first-order valence-corrected chi connectivity index (χ1v) is 25.5. The number of rotatable bonds is 0. The van der Waals surface area contributed by atoms with Crippen LogP contribution in [0.25, 0.3) is 0 Å². The SMILES string of the molecule is CC1(C)[C@@H]2CC[C@@]1(C)N1C=[N+]2Cc2ccccc2SCCSc2ccccc2CN2C=[N+](Cc3ccccc3SCCSc3ccccc3C1)[C@H]1CC[C@]2(C)C1(C)C. The first-order valence-electron chi connectivity index (χ1n) is 21.6. The van der Waals surface area contributed by atoms with Crippen molar-refractivity contribution in [2.24, 2.45) is 10.8 Å². The molecule has 3 heterocycles. The van der Waals surface area contributed by atoms with Crippen molar-refractivity contribution in [3.8, 4) is 0 Å². The van der Waals surface area contributed by atoms with Gasteiger partial charge in [0.15, 0.2) is 0 Å². The fourth-order valence-electron chi connectivity index (χ4n) is 11.1. The maximum absolute atomic E-state index is 2.72. The van der Waals surface area contributed by atoms with E-state index >= 15 is 0 Å². The van der Waals surface area contributed by atoms with Gasteiger partial charge in [0.1, 0.15) is 49.3 Å². The molecule has 5 aliphatic rings.